The highest BCUT2D eigenvalue weighted by Crippen LogP contribution is 2.41. The van der Waals surface area contributed by atoms with E-state index in [2.05, 4.69) is 10.2 Å². The van der Waals surface area contributed by atoms with Crippen molar-refractivity contribution in [2.45, 2.75) is 38.3 Å². The summed E-state index contributed by atoms with van der Waals surface area (Å²) in [7, 11) is 0. The number of hydrogen-bond donors (Lipinski definition) is 1. The van der Waals surface area contributed by atoms with Gasteiger partial charge < -0.3 is 10.2 Å². The highest BCUT2D eigenvalue weighted by molar-refractivity contribution is 6.04. The van der Waals surface area contributed by atoms with Gasteiger partial charge in [0.05, 0.1) is 16.9 Å². The average Bonchev–Trinajstić information content (AvgIpc) is 2.77. The molecule has 31 heavy (non-hydrogen) atoms. The van der Waals surface area contributed by atoms with Gasteiger partial charge in [-0.15, -0.1) is 0 Å². The molecular weight excluding hydrogens is 401 g/mol. The third-order valence-electron chi connectivity index (χ3n) is 6.44. The molecule has 1 aliphatic carbocycles. The molecule has 1 saturated heterocycles. The molecule has 2 aromatic carbocycles. The number of nitrogens with zero attached hydrogens (tertiary/aromatic N) is 1. The molecule has 3 nitrogen and oxygen atoms in total. The van der Waals surface area contributed by atoms with Crippen molar-refractivity contribution in [3.8, 4) is 0 Å². The molecule has 0 radical (unpaired) electrons. The van der Waals surface area contributed by atoms with E-state index in [9.17, 15) is 18.0 Å². The predicted molar refractivity (Wildman–Crippen MR) is 118 cm³/mol. The summed E-state index contributed by atoms with van der Waals surface area (Å²) < 4.78 is 40.0. The van der Waals surface area contributed by atoms with E-state index in [1.807, 2.05) is 30.3 Å². The zero-order chi connectivity index (χ0) is 21.8. The number of anilines is 2. The Morgan fingerprint density at radius 1 is 1.00 bits per heavy atom. The van der Waals surface area contributed by atoms with Crippen LogP contribution in [0.5, 0.6) is 0 Å². The molecule has 0 bridgehead atoms. The van der Waals surface area contributed by atoms with Crippen molar-refractivity contribution >= 4 is 23.4 Å². The van der Waals surface area contributed by atoms with E-state index in [0.717, 1.165) is 37.2 Å². The van der Waals surface area contributed by atoms with Crippen LogP contribution < -0.4 is 10.2 Å². The largest absolute Gasteiger partial charge is 0.416 e. The predicted octanol–water partition coefficient (Wildman–Crippen LogP) is 6.37. The van der Waals surface area contributed by atoms with Crippen LogP contribution >= 0.6 is 0 Å². The van der Waals surface area contributed by atoms with Crippen molar-refractivity contribution in [2.24, 2.45) is 11.8 Å². The summed E-state index contributed by atoms with van der Waals surface area (Å²) in [6, 6.07) is 13.0. The van der Waals surface area contributed by atoms with Crippen LogP contribution in [0.4, 0.5) is 24.5 Å². The van der Waals surface area contributed by atoms with Gasteiger partial charge in [0, 0.05) is 19.2 Å². The number of carbonyl (C=O) groups is 1. The molecule has 6 heteroatoms. The lowest BCUT2D eigenvalue weighted by molar-refractivity contribution is -0.137. The molecule has 0 aromatic heterocycles. The van der Waals surface area contributed by atoms with Crippen molar-refractivity contribution in [1.82, 2.24) is 0 Å². The van der Waals surface area contributed by atoms with Gasteiger partial charge in [-0.2, -0.15) is 13.2 Å². The maximum absolute atomic E-state index is 13.3. The van der Waals surface area contributed by atoms with Crippen molar-refractivity contribution in [2.75, 3.05) is 23.3 Å². The Morgan fingerprint density at radius 3 is 2.48 bits per heavy atom. The van der Waals surface area contributed by atoms with E-state index in [4.69, 9.17) is 0 Å². The molecule has 2 atom stereocenters. The van der Waals surface area contributed by atoms with Crippen molar-refractivity contribution < 1.29 is 18.0 Å². The number of nitrogens with one attached hydrogen (secondary N) is 1. The van der Waals surface area contributed by atoms with Crippen LogP contribution in [0.2, 0.25) is 0 Å². The molecule has 4 rings (SSSR count). The first-order valence-corrected chi connectivity index (χ1v) is 10.9. The lowest BCUT2D eigenvalue weighted by Gasteiger charge is -2.42. The Morgan fingerprint density at radius 2 is 1.74 bits per heavy atom. The molecular formula is C25H27F3N2O. The fraction of sp³-hybridized carbons (Fsp3) is 0.400. The SMILES string of the molecule is O=C(/C=C/c1ccccc1)Nc1cc(C(F)(F)F)ccc1N1CC[C@H]2CCCC[C@@H]2C1. The van der Waals surface area contributed by atoms with Crippen LogP contribution in [0.1, 0.15) is 43.2 Å². The summed E-state index contributed by atoms with van der Waals surface area (Å²) >= 11 is 0. The lowest BCUT2D eigenvalue weighted by Crippen LogP contribution is -2.42. The van der Waals surface area contributed by atoms with Gasteiger partial charge in [-0.25, -0.2) is 0 Å². The third-order valence-corrected chi connectivity index (χ3v) is 6.44. The van der Waals surface area contributed by atoms with E-state index < -0.39 is 17.6 Å². The average molecular weight is 428 g/mol. The number of rotatable bonds is 4. The zero-order valence-corrected chi connectivity index (χ0v) is 17.4. The van der Waals surface area contributed by atoms with Crippen LogP contribution in [0.3, 0.4) is 0 Å². The van der Waals surface area contributed by atoms with Crippen LogP contribution in [0.15, 0.2) is 54.6 Å². The molecule has 164 valence electrons. The normalized spacial score (nSPS) is 21.7. The topological polar surface area (TPSA) is 32.3 Å². The van der Waals surface area contributed by atoms with Crippen LogP contribution in [-0.4, -0.2) is 19.0 Å². The molecule has 0 unspecified atom stereocenters. The van der Waals surface area contributed by atoms with E-state index in [1.165, 1.54) is 37.8 Å². The number of hydrogen-bond acceptors (Lipinski definition) is 2. The number of carbonyl (C=O) groups excluding carboxylic acids is 1. The molecule has 1 amide bonds. The van der Waals surface area contributed by atoms with Crippen LogP contribution in [0.25, 0.3) is 6.08 Å². The minimum Gasteiger partial charge on any atom is -0.370 e. The van der Waals surface area contributed by atoms with E-state index >= 15 is 0 Å². The molecule has 2 aliphatic rings. The molecule has 1 saturated carbocycles. The van der Waals surface area contributed by atoms with Gasteiger partial charge in [0.15, 0.2) is 0 Å². The number of halogens is 3. The summed E-state index contributed by atoms with van der Waals surface area (Å²) in [4.78, 5) is 14.7. The monoisotopic (exact) mass is 428 g/mol. The van der Waals surface area contributed by atoms with Crippen molar-refractivity contribution in [3.05, 3.63) is 65.7 Å². The molecule has 1 heterocycles. The number of benzene rings is 2. The number of piperidine rings is 1. The van der Waals surface area contributed by atoms with Gasteiger partial charge in [0.25, 0.3) is 0 Å². The number of alkyl halides is 3. The third kappa shape index (κ3) is 5.30. The van der Waals surface area contributed by atoms with Crippen molar-refractivity contribution in [3.63, 3.8) is 0 Å². The maximum atomic E-state index is 13.3. The number of fused-ring (bicyclic) bond motifs is 1. The zero-order valence-electron chi connectivity index (χ0n) is 17.4. The second-order valence-electron chi connectivity index (χ2n) is 8.50. The van der Waals surface area contributed by atoms with Crippen LogP contribution in [0, 0.1) is 11.8 Å². The first-order valence-electron chi connectivity index (χ1n) is 10.9. The standard InChI is InChI=1S/C25H27F3N2O/c26-25(27,28)21-11-12-23(30-15-14-19-8-4-5-9-20(19)17-30)22(16-21)29-24(31)13-10-18-6-2-1-3-7-18/h1-3,6-7,10-13,16,19-20H,4-5,8-9,14-15,17H2,(H,29,31)/b13-10+/t19-,20-/m1/s1. The first kappa shape index (κ1) is 21.5. The second-order valence-corrected chi connectivity index (χ2v) is 8.50. The summed E-state index contributed by atoms with van der Waals surface area (Å²) in [5.41, 5.74) is 0.970. The van der Waals surface area contributed by atoms with Gasteiger partial charge in [0.2, 0.25) is 5.91 Å². The van der Waals surface area contributed by atoms with E-state index in [-0.39, 0.29) is 5.69 Å². The van der Waals surface area contributed by atoms with Gasteiger partial charge in [-0.1, -0.05) is 49.6 Å². The first-order chi connectivity index (χ1) is 14.9. The molecule has 2 fully saturated rings. The molecule has 0 spiro atoms. The fourth-order valence-corrected chi connectivity index (χ4v) is 4.82. The van der Waals surface area contributed by atoms with Gasteiger partial charge in [-0.3, -0.25) is 4.79 Å². The Balaban J connectivity index is 1.56. The molecule has 1 N–H and O–H groups in total. The van der Waals surface area contributed by atoms with Crippen molar-refractivity contribution in [1.29, 1.82) is 0 Å². The summed E-state index contributed by atoms with van der Waals surface area (Å²) in [6.45, 7) is 1.63. The quantitative estimate of drug-likeness (QED) is 0.574. The Hall–Kier alpha value is -2.76. The minimum absolute atomic E-state index is 0.215. The van der Waals surface area contributed by atoms with Gasteiger partial charge >= 0.3 is 6.18 Å². The Labute approximate surface area is 180 Å². The molecule has 2 aromatic rings. The molecule has 1 aliphatic heterocycles. The van der Waals surface area contributed by atoms with Gasteiger partial charge in [0.1, 0.15) is 0 Å². The fourth-order valence-electron chi connectivity index (χ4n) is 4.82. The van der Waals surface area contributed by atoms with Gasteiger partial charge in [-0.05, 0) is 54.5 Å². The second kappa shape index (κ2) is 9.16. The highest BCUT2D eigenvalue weighted by Gasteiger charge is 2.34. The maximum Gasteiger partial charge on any atom is 0.416 e. The Bertz CT molecular complexity index is 940. The van der Waals surface area contributed by atoms with Crippen LogP contribution in [-0.2, 0) is 11.0 Å². The summed E-state index contributed by atoms with van der Waals surface area (Å²) in [5, 5.41) is 2.70. The van der Waals surface area contributed by atoms with E-state index in [0.29, 0.717) is 17.5 Å². The Kier molecular flexibility index (Phi) is 6.35. The highest BCUT2D eigenvalue weighted by atomic mass is 19.4. The summed E-state index contributed by atoms with van der Waals surface area (Å²) in [6.07, 6.45) is 4.50. The smallest absolute Gasteiger partial charge is 0.370 e. The summed E-state index contributed by atoms with van der Waals surface area (Å²) in [5.74, 6) is 0.842. The van der Waals surface area contributed by atoms with E-state index in [1.54, 1.807) is 6.08 Å². The minimum atomic E-state index is -4.46. The number of amides is 1. The lowest BCUT2D eigenvalue weighted by atomic mass is 9.75.